The molecule has 0 spiro atoms. The molecule has 1 heterocycles. The molecule has 2 bridgehead atoms. The van der Waals surface area contributed by atoms with Crippen molar-refractivity contribution in [1.29, 1.82) is 0 Å². The highest BCUT2D eigenvalue weighted by Crippen LogP contribution is 2.63. The minimum atomic E-state index is -2.38. The lowest BCUT2D eigenvalue weighted by Gasteiger charge is -2.67. The van der Waals surface area contributed by atoms with Gasteiger partial charge in [-0.2, -0.15) is 0 Å². The van der Waals surface area contributed by atoms with Crippen molar-refractivity contribution in [2.45, 2.75) is 108 Å². The van der Waals surface area contributed by atoms with E-state index in [4.69, 9.17) is 35.2 Å². The molecule has 20 nitrogen and oxygen atoms in total. The zero-order valence-electron chi connectivity index (χ0n) is 39.5. The van der Waals surface area contributed by atoms with Crippen LogP contribution < -0.4 is 16.8 Å². The molecule has 4 aliphatic rings. The van der Waals surface area contributed by atoms with Gasteiger partial charge < -0.3 is 60.7 Å². The Balaban J connectivity index is 1.17. The van der Waals surface area contributed by atoms with E-state index < -0.39 is 107 Å². The Morgan fingerprint density at radius 3 is 2.14 bits per heavy atom. The standard InChI is InChI=1S/C50H59N5O15/c1-25-35(21-50(65)44(62)42-48(6,36(60)20-37-49(42,24-66-37)70-27(3)57)43(61)40(67-26(2)56)38(25)47(50,4)5)68-45(63)41(39(52)28-10-8-7-9-11-28)69-46(64)55-32-13-15-34(59)30(19-32)23-54-17-16-53-22-29-18-31(51)12-14-33(29)58/h7-15,18-19,22-23,35-37,39-42,44,58-60,62,65H,16-17,20-21,24,51-52H2,1-6H3,(H,55,64)/b53-22+,54-23+/t35-,36-,37+,39-,40+,41+,42-,44-,48+,49-,50+/m0/s1. The number of aliphatic hydroxyl groups excluding tert-OH is 2. The maximum Gasteiger partial charge on any atom is 0.412 e. The van der Waals surface area contributed by atoms with Gasteiger partial charge in [-0.25, -0.2) is 9.59 Å². The van der Waals surface area contributed by atoms with Gasteiger partial charge >= 0.3 is 24.0 Å². The monoisotopic (exact) mass is 969 g/mol. The van der Waals surface area contributed by atoms with Gasteiger partial charge in [0.2, 0.25) is 6.10 Å². The van der Waals surface area contributed by atoms with Crippen LogP contribution >= 0.6 is 0 Å². The Kier molecular flexibility index (Phi) is 14.3. The van der Waals surface area contributed by atoms with E-state index in [1.54, 1.807) is 42.5 Å². The van der Waals surface area contributed by atoms with Crippen molar-refractivity contribution in [1.82, 2.24) is 0 Å². The molecule has 374 valence electrons. The number of hydrogen-bond acceptors (Lipinski definition) is 19. The number of ketones is 1. The Morgan fingerprint density at radius 2 is 1.54 bits per heavy atom. The molecule has 3 fully saturated rings. The summed E-state index contributed by atoms with van der Waals surface area (Å²) < 4.78 is 29.3. The average molecular weight is 970 g/mol. The number of esters is 3. The van der Waals surface area contributed by atoms with E-state index in [1.165, 1.54) is 64.4 Å². The normalized spacial score (nSPS) is 29.9. The number of rotatable bonds is 13. The number of aliphatic imine (C=N–C) groups is 2. The van der Waals surface area contributed by atoms with Gasteiger partial charge in [0.25, 0.3) is 0 Å². The van der Waals surface area contributed by atoms with E-state index in [-0.39, 0.29) is 60.0 Å². The second-order valence-corrected chi connectivity index (χ2v) is 19.0. The molecule has 1 saturated heterocycles. The number of nitrogen functional groups attached to an aromatic ring is 1. The summed E-state index contributed by atoms with van der Waals surface area (Å²) in [6.45, 7) is 8.27. The maximum absolute atomic E-state index is 15.2. The van der Waals surface area contributed by atoms with Gasteiger partial charge in [0.15, 0.2) is 17.5 Å². The molecule has 11 atom stereocenters. The van der Waals surface area contributed by atoms with Crippen LogP contribution in [0.1, 0.15) is 77.1 Å². The Bertz CT molecular complexity index is 2640. The van der Waals surface area contributed by atoms with Crippen LogP contribution in [0.4, 0.5) is 16.2 Å². The van der Waals surface area contributed by atoms with Gasteiger partial charge in [0.05, 0.1) is 43.4 Å². The predicted octanol–water partition coefficient (Wildman–Crippen LogP) is 3.19. The highest BCUT2D eigenvalue weighted by Gasteiger charge is 2.77. The lowest BCUT2D eigenvalue weighted by molar-refractivity contribution is -0.346. The molecule has 0 unspecified atom stereocenters. The smallest absolute Gasteiger partial charge is 0.412 e. The quantitative estimate of drug-likeness (QED) is 0.0232. The fraction of sp³-hybridized carbons (Fsp3) is 0.460. The van der Waals surface area contributed by atoms with Crippen molar-refractivity contribution >= 4 is 53.6 Å². The number of aromatic hydroxyl groups is 2. The number of hydrogen-bond donors (Lipinski definition) is 8. The first-order valence-electron chi connectivity index (χ1n) is 22.7. The number of benzene rings is 3. The first kappa shape index (κ1) is 51.1. The van der Waals surface area contributed by atoms with E-state index in [9.17, 15) is 44.7 Å². The number of fused-ring (bicyclic) bond motifs is 5. The van der Waals surface area contributed by atoms with Crippen LogP contribution in [0, 0.1) is 16.7 Å². The third-order valence-corrected chi connectivity index (χ3v) is 14.4. The first-order valence-corrected chi connectivity index (χ1v) is 22.7. The predicted molar refractivity (Wildman–Crippen MR) is 252 cm³/mol. The molecule has 3 aromatic rings. The van der Waals surface area contributed by atoms with E-state index in [1.807, 2.05) is 0 Å². The lowest BCUT2D eigenvalue weighted by Crippen LogP contribution is -2.81. The first-order chi connectivity index (χ1) is 33.0. The van der Waals surface area contributed by atoms with E-state index >= 15 is 4.79 Å². The molecule has 7 rings (SSSR count). The van der Waals surface area contributed by atoms with Crippen LogP contribution in [-0.4, -0.2) is 135 Å². The molecule has 3 aromatic carbocycles. The zero-order valence-corrected chi connectivity index (χ0v) is 39.5. The van der Waals surface area contributed by atoms with Gasteiger partial charge in [-0.05, 0) is 67.0 Å². The van der Waals surface area contributed by atoms with Crippen molar-refractivity contribution in [2.75, 3.05) is 30.7 Å². The Morgan fingerprint density at radius 1 is 0.914 bits per heavy atom. The van der Waals surface area contributed by atoms with Gasteiger partial charge in [-0.1, -0.05) is 44.2 Å². The number of anilines is 2. The zero-order chi connectivity index (χ0) is 51.1. The van der Waals surface area contributed by atoms with Gasteiger partial charge in [0.1, 0.15) is 29.3 Å². The number of amides is 1. The fourth-order valence-corrected chi connectivity index (χ4v) is 10.6. The van der Waals surface area contributed by atoms with Crippen LogP contribution in [0.3, 0.4) is 0 Å². The van der Waals surface area contributed by atoms with Crippen molar-refractivity contribution in [3.05, 3.63) is 94.6 Å². The summed E-state index contributed by atoms with van der Waals surface area (Å²) in [7, 11) is 0. The van der Waals surface area contributed by atoms with Crippen LogP contribution in [0.2, 0.25) is 0 Å². The number of nitrogens with two attached hydrogens (primary N) is 2. The summed E-state index contributed by atoms with van der Waals surface area (Å²) in [4.78, 5) is 77.6. The Labute approximate surface area is 403 Å². The second-order valence-electron chi connectivity index (χ2n) is 19.0. The highest BCUT2D eigenvalue weighted by atomic mass is 16.6. The average Bonchev–Trinajstić information content (AvgIpc) is 3.29. The number of Topliss-reactive ketones (excluding diaryl/α,β-unsaturated/α-hetero) is 1. The molecular weight excluding hydrogens is 911 g/mol. The number of carbonyl (C=O) groups is 5. The molecule has 2 saturated carbocycles. The van der Waals surface area contributed by atoms with E-state index in [2.05, 4.69) is 15.3 Å². The lowest BCUT2D eigenvalue weighted by atomic mass is 9.44. The number of phenolic OH excluding ortho intramolecular Hbond substituents is 2. The third-order valence-electron chi connectivity index (χ3n) is 14.4. The SMILES string of the molecule is CC(=O)O[C@H]1C(=O)[C@@]2(C)[C@H]([C@H](O)[C@]3(O)C[C@H](OC(=O)[C@H](OC(=O)Nc4ccc(O)c(/C=N/CC/N=C/c5cc(N)ccc5O)c4)[C@@H](N)c4ccccc4)C(C)=C1C3(C)C)[C@]1(OC(C)=O)CO[C@@H]1C[C@@H]2O. The molecule has 70 heavy (non-hydrogen) atoms. The number of carbonyl (C=O) groups excluding carboxylic acids is 5. The van der Waals surface area contributed by atoms with E-state index in [0.717, 1.165) is 13.8 Å². The maximum atomic E-state index is 15.2. The van der Waals surface area contributed by atoms with Gasteiger partial charge in [-0.3, -0.25) is 29.7 Å². The molecule has 1 aliphatic heterocycles. The topological polar surface area (TPSA) is 321 Å². The number of ether oxygens (including phenoxy) is 5. The summed E-state index contributed by atoms with van der Waals surface area (Å²) >= 11 is 0. The van der Waals surface area contributed by atoms with Crippen LogP contribution in [0.15, 0.2) is 87.9 Å². The van der Waals surface area contributed by atoms with Crippen LogP contribution in [-0.2, 0) is 42.9 Å². The van der Waals surface area contributed by atoms with Gasteiger partial charge in [-0.15, -0.1) is 0 Å². The molecule has 20 heteroatoms. The summed E-state index contributed by atoms with van der Waals surface area (Å²) in [5.74, 6) is -5.45. The summed E-state index contributed by atoms with van der Waals surface area (Å²) in [6, 6.07) is 15.5. The fourth-order valence-electron chi connectivity index (χ4n) is 10.6. The van der Waals surface area contributed by atoms with Crippen molar-refractivity contribution < 1.29 is 73.2 Å². The number of phenols is 2. The van der Waals surface area contributed by atoms with Crippen LogP contribution in [0.5, 0.6) is 11.5 Å². The minimum absolute atomic E-state index is 0.0120. The third kappa shape index (κ3) is 9.24. The van der Waals surface area contributed by atoms with E-state index in [0.29, 0.717) is 16.8 Å². The van der Waals surface area contributed by atoms with Crippen molar-refractivity contribution in [2.24, 2.45) is 32.5 Å². The molecular formula is C50H59N5O15. The number of aliphatic hydroxyl groups is 3. The molecule has 10 N–H and O–H groups in total. The van der Waals surface area contributed by atoms with Gasteiger partial charge in [0, 0.05) is 73.0 Å². The number of nitrogens with one attached hydrogen (secondary N) is 1. The second kappa shape index (κ2) is 19.6. The minimum Gasteiger partial charge on any atom is -0.507 e. The molecule has 0 aromatic heterocycles. The summed E-state index contributed by atoms with van der Waals surface area (Å²) in [6.07, 6.45) is -8.79. The number of nitrogens with zero attached hydrogens (tertiary/aromatic N) is 2. The Hall–Kier alpha value is -6.71. The largest absolute Gasteiger partial charge is 0.507 e. The van der Waals surface area contributed by atoms with Crippen molar-refractivity contribution in [3.63, 3.8) is 0 Å². The molecule has 1 amide bonds. The molecule has 0 radical (unpaired) electrons. The van der Waals surface area contributed by atoms with Crippen LogP contribution in [0.25, 0.3) is 0 Å². The summed E-state index contributed by atoms with van der Waals surface area (Å²) in [5, 5.41) is 60.7. The molecule has 3 aliphatic carbocycles. The highest BCUT2D eigenvalue weighted by molar-refractivity contribution is 5.95. The summed E-state index contributed by atoms with van der Waals surface area (Å²) in [5.41, 5.74) is 6.40. The van der Waals surface area contributed by atoms with Crippen molar-refractivity contribution in [3.8, 4) is 11.5 Å².